The summed E-state index contributed by atoms with van der Waals surface area (Å²) in [5.41, 5.74) is 6.07. The summed E-state index contributed by atoms with van der Waals surface area (Å²) in [5.74, 6) is 0.922. The molecule has 0 bridgehead atoms. The van der Waals surface area contributed by atoms with Crippen molar-refractivity contribution in [1.82, 2.24) is 19.9 Å². The van der Waals surface area contributed by atoms with Gasteiger partial charge in [0.2, 0.25) is 17.6 Å². The second-order valence-electron chi connectivity index (χ2n) is 5.85. The second kappa shape index (κ2) is 7.74. The predicted octanol–water partition coefficient (Wildman–Crippen LogP) is 1.38. The van der Waals surface area contributed by atoms with Crippen molar-refractivity contribution in [2.75, 3.05) is 32.7 Å². The third kappa shape index (κ3) is 4.53. The van der Waals surface area contributed by atoms with E-state index in [1.54, 1.807) is 12.1 Å². The summed E-state index contributed by atoms with van der Waals surface area (Å²) < 4.78 is 5.35. The molecule has 1 saturated heterocycles. The zero-order valence-corrected chi connectivity index (χ0v) is 14.1. The minimum Gasteiger partial charge on any atom is -0.370 e. The Morgan fingerprint density at radius 1 is 1.17 bits per heavy atom. The summed E-state index contributed by atoms with van der Waals surface area (Å²) in [4.78, 5) is 19.8. The van der Waals surface area contributed by atoms with Crippen LogP contribution in [0, 0.1) is 0 Å². The molecule has 0 spiro atoms. The number of aromatic nitrogens is 2. The molecule has 0 radical (unpaired) electrons. The summed E-state index contributed by atoms with van der Waals surface area (Å²) in [6, 6.07) is 7.35. The molecule has 2 aromatic rings. The van der Waals surface area contributed by atoms with Crippen molar-refractivity contribution in [2.45, 2.75) is 13.0 Å². The van der Waals surface area contributed by atoms with Gasteiger partial charge in [-0.1, -0.05) is 16.8 Å². The van der Waals surface area contributed by atoms with Crippen molar-refractivity contribution in [3.63, 3.8) is 0 Å². The zero-order chi connectivity index (χ0) is 16.9. The van der Waals surface area contributed by atoms with Crippen LogP contribution in [0.2, 0.25) is 5.02 Å². The Morgan fingerprint density at radius 3 is 2.50 bits per heavy atom. The first-order valence-corrected chi connectivity index (χ1v) is 8.29. The fourth-order valence-electron chi connectivity index (χ4n) is 2.67. The van der Waals surface area contributed by atoms with Gasteiger partial charge in [0.05, 0.1) is 6.54 Å². The Balaban J connectivity index is 1.51. The summed E-state index contributed by atoms with van der Waals surface area (Å²) in [5, 5.41) is 4.71. The van der Waals surface area contributed by atoms with E-state index >= 15 is 0 Å². The summed E-state index contributed by atoms with van der Waals surface area (Å²) in [7, 11) is 0. The molecular formula is C16H20ClN5O2. The molecule has 1 aromatic heterocycles. The zero-order valence-electron chi connectivity index (χ0n) is 13.3. The fraction of sp³-hybridized carbons (Fsp3) is 0.438. The molecule has 2 N–H and O–H groups in total. The molecule has 7 nitrogen and oxygen atoms in total. The molecule has 3 rings (SSSR count). The van der Waals surface area contributed by atoms with Crippen LogP contribution in [0.3, 0.4) is 0 Å². The Bertz CT molecular complexity index is 680. The second-order valence-corrected chi connectivity index (χ2v) is 6.29. The predicted molar refractivity (Wildman–Crippen MR) is 90.3 cm³/mol. The summed E-state index contributed by atoms with van der Waals surface area (Å²) in [6.45, 7) is 4.97. The molecule has 1 aromatic carbocycles. The molecule has 1 aliphatic heterocycles. The van der Waals surface area contributed by atoms with E-state index in [0.717, 1.165) is 38.3 Å². The van der Waals surface area contributed by atoms with Crippen molar-refractivity contribution in [3.05, 3.63) is 35.2 Å². The molecule has 0 saturated carbocycles. The van der Waals surface area contributed by atoms with Crippen LogP contribution in [-0.4, -0.2) is 58.6 Å². The first-order chi connectivity index (χ1) is 11.6. The number of carbonyl (C=O) groups is 1. The lowest BCUT2D eigenvalue weighted by Crippen LogP contribution is -2.46. The topological polar surface area (TPSA) is 88.5 Å². The smallest absolute Gasteiger partial charge is 0.241 e. The number of benzene rings is 1. The number of carbonyl (C=O) groups excluding carboxylic acids is 1. The number of hydrogen-bond acceptors (Lipinski definition) is 6. The van der Waals surface area contributed by atoms with Crippen LogP contribution in [-0.2, 0) is 11.3 Å². The number of primary amides is 1. The molecule has 0 atom stereocenters. The first kappa shape index (κ1) is 16.9. The minimum atomic E-state index is -0.252. The number of hydrogen-bond donors (Lipinski definition) is 1. The average Bonchev–Trinajstić information content (AvgIpc) is 3.03. The quantitative estimate of drug-likeness (QED) is 0.847. The van der Waals surface area contributed by atoms with Crippen molar-refractivity contribution in [3.8, 4) is 11.4 Å². The van der Waals surface area contributed by atoms with E-state index < -0.39 is 0 Å². The SMILES string of the molecule is NC(=O)CCN1CCN(Cc2nc(-c3ccc(Cl)cc3)no2)CC1. The molecular weight excluding hydrogens is 330 g/mol. The largest absolute Gasteiger partial charge is 0.370 e. The molecule has 2 heterocycles. The Kier molecular flexibility index (Phi) is 5.44. The van der Waals surface area contributed by atoms with Gasteiger partial charge in [-0.3, -0.25) is 9.69 Å². The van der Waals surface area contributed by atoms with Gasteiger partial charge >= 0.3 is 0 Å². The van der Waals surface area contributed by atoms with Crippen LogP contribution in [0.1, 0.15) is 12.3 Å². The van der Waals surface area contributed by atoms with Crippen LogP contribution in [0.15, 0.2) is 28.8 Å². The van der Waals surface area contributed by atoms with Gasteiger partial charge in [0, 0.05) is 49.7 Å². The highest BCUT2D eigenvalue weighted by molar-refractivity contribution is 6.30. The molecule has 8 heteroatoms. The molecule has 0 aliphatic carbocycles. The number of nitrogens with two attached hydrogens (primary N) is 1. The highest BCUT2D eigenvalue weighted by Gasteiger charge is 2.19. The lowest BCUT2D eigenvalue weighted by molar-refractivity contribution is -0.118. The van der Waals surface area contributed by atoms with Gasteiger partial charge in [-0.2, -0.15) is 4.98 Å². The van der Waals surface area contributed by atoms with Crippen molar-refractivity contribution >= 4 is 17.5 Å². The summed E-state index contributed by atoms with van der Waals surface area (Å²) in [6.07, 6.45) is 0.411. The lowest BCUT2D eigenvalue weighted by atomic mass is 10.2. The Morgan fingerprint density at radius 2 is 1.83 bits per heavy atom. The van der Waals surface area contributed by atoms with Gasteiger partial charge in [-0.25, -0.2) is 0 Å². The van der Waals surface area contributed by atoms with Gasteiger partial charge in [0.15, 0.2) is 0 Å². The highest BCUT2D eigenvalue weighted by atomic mass is 35.5. The molecule has 1 aliphatic rings. The first-order valence-electron chi connectivity index (χ1n) is 7.92. The average molecular weight is 350 g/mol. The van der Waals surface area contributed by atoms with Crippen LogP contribution in [0.25, 0.3) is 11.4 Å². The number of halogens is 1. The van der Waals surface area contributed by atoms with E-state index in [2.05, 4.69) is 19.9 Å². The van der Waals surface area contributed by atoms with Crippen molar-refractivity contribution < 1.29 is 9.32 Å². The maximum atomic E-state index is 10.8. The van der Waals surface area contributed by atoms with Crippen LogP contribution < -0.4 is 5.73 Å². The van der Waals surface area contributed by atoms with Crippen LogP contribution >= 0.6 is 11.6 Å². The molecule has 1 fully saturated rings. The van der Waals surface area contributed by atoms with Gasteiger partial charge in [-0.15, -0.1) is 0 Å². The lowest BCUT2D eigenvalue weighted by Gasteiger charge is -2.33. The number of piperazine rings is 1. The summed E-state index contributed by atoms with van der Waals surface area (Å²) >= 11 is 5.88. The van der Waals surface area contributed by atoms with E-state index in [0.29, 0.717) is 29.7 Å². The number of rotatable bonds is 6. The van der Waals surface area contributed by atoms with Gasteiger partial charge in [0.25, 0.3) is 0 Å². The maximum absolute atomic E-state index is 10.8. The fourth-order valence-corrected chi connectivity index (χ4v) is 2.79. The molecule has 24 heavy (non-hydrogen) atoms. The molecule has 1 amide bonds. The molecule has 128 valence electrons. The highest BCUT2D eigenvalue weighted by Crippen LogP contribution is 2.19. The third-order valence-corrected chi connectivity index (χ3v) is 4.32. The van der Waals surface area contributed by atoms with E-state index in [9.17, 15) is 4.79 Å². The Labute approximate surface area is 145 Å². The van der Waals surface area contributed by atoms with E-state index in [1.165, 1.54) is 0 Å². The van der Waals surface area contributed by atoms with Gasteiger partial charge < -0.3 is 15.2 Å². The monoisotopic (exact) mass is 349 g/mol. The molecule has 0 unspecified atom stereocenters. The van der Waals surface area contributed by atoms with E-state index in [-0.39, 0.29) is 5.91 Å². The van der Waals surface area contributed by atoms with Gasteiger partial charge in [-0.05, 0) is 24.3 Å². The number of nitrogens with zero attached hydrogens (tertiary/aromatic N) is 4. The van der Waals surface area contributed by atoms with Crippen LogP contribution in [0.4, 0.5) is 0 Å². The number of amides is 1. The van der Waals surface area contributed by atoms with Crippen molar-refractivity contribution in [2.24, 2.45) is 5.73 Å². The van der Waals surface area contributed by atoms with Crippen LogP contribution in [0.5, 0.6) is 0 Å². The standard InChI is InChI=1S/C16H20ClN5O2/c17-13-3-1-12(2-4-13)16-19-15(24-20-16)11-22-9-7-21(8-10-22)6-5-14(18)23/h1-4H,5-11H2,(H2,18,23). The van der Waals surface area contributed by atoms with E-state index in [1.807, 2.05) is 12.1 Å². The Hall–Kier alpha value is -1.96. The normalized spacial score (nSPS) is 16.4. The minimum absolute atomic E-state index is 0.252. The van der Waals surface area contributed by atoms with Gasteiger partial charge in [0.1, 0.15) is 0 Å². The van der Waals surface area contributed by atoms with Crippen molar-refractivity contribution in [1.29, 1.82) is 0 Å². The third-order valence-electron chi connectivity index (χ3n) is 4.07. The van der Waals surface area contributed by atoms with E-state index in [4.69, 9.17) is 21.9 Å². The maximum Gasteiger partial charge on any atom is 0.241 e.